The second kappa shape index (κ2) is 4.73. The molecule has 94 valence electrons. The highest BCUT2D eigenvalue weighted by molar-refractivity contribution is 5.91. The Morgan fingerprint density at radius 2 is 2.12 bits per heavy atom. The summed E-state index contributed by atoms with van der Waals surface area (Å²) in [5, 5.41) is 11.6. The zero-order valence-electron chi connectivity index (χ0n) is 9.52. The van der Waals surface area contributed by atoms with Crippen LogP contribution >= 0.6 is 0 Å². The second-order valence-electron chi connectivity index (χ2n) is 4.62. The highest BCUT2D eigenvalue weighted by Crippen LogP contribution is 2.19. The molecule has 2 heterocycles. The van der Waals surface area contributed by atoms with Crippen molar-refractivity contribution in [2.75, 3.05) is 13.1 Å². The summed E-state index contributed by atoms with van der Waals surface area (Å²) >= 11 is 0. The van der Waals surface area contributed by atoms with Crippen LogP contribution in [0.5, 0.6) is 0 Å². The third-order valence-electron chi connectivity index (χ3n) is 3.38. The summed E-state index contributed by atoms with van der Waals surface area (Å²) in [6, 6.07) is -0.449. The molecule has 2 N–H and O–H groups in total. The van der Waals surface area contributed by atoms with Crippen LogP contribution in [-0.4, -0.2) is 46.9 Å². The molecule has 6 nitrogen and oxygen atoms in total. The summed E-state index contributed by atoms with van der Waals surface area (Å²) in [5.74, 6) is -1.56. The van der Waals surface area contributed by atoms with Gasteiger partial charge in [0.15, 0.2) is 0 Å². The molecule has 0 aromatic carbocycles. The van der Waals surface area contributed by atoms with Crippen LogP contribution in [0.2, 0.25) is 0 Å². The zero-order valence-corrected chi connectivity index (χ0v) is 9.52. The van der Waals surface area contributed by atoms with E-state index >= 15 is 0 Å². The molecular weight excluding hydrogens is 224 g/mol. The number of amides is 2. The van der Waals surface area contributed by atoms with E-state index in [1.54, 1.807) is 4.90 Å². The van der Waals surface area contributed by atoms with E-state index in [1.165, 1.54) is 0 Å². The first-order valence-corrected chi connectivity index (χ1v) is 5.89. The average molecular weight is 240 g/mol. The fraction of sp³-hybridized carbons (Fsp3) is 0.727. The van der Waals surface area contributed by atoms with Crippen molar-refractivity contribution in [3.63, 3.8) is 0 Å². The summed E-state index contributed by atoms with van der Waals surface area (Å²) in [6.45, 7) is 0.857. The number of likely N-dealkylation sites (tertiary alicyclic amines) is 1. The SMILES string of the molecule is O=C1CC[C@H](C(=O)N2CCC[C@@H](C(=O)O)C2)N1. The van der Waals surface area contributed by atoms with Gasteiger partial charge in [-0.3, -0.25) is 14.4 Å². The number of carboxylic acids is 1. The summed E-state index contributed by atoms with van der Waals surface area (Å²) < 4.78 is 0. The Morgan fingerprint density at radius 3 is 2.71 bits per heavy atom. The van der Waals surface area contributed by atoms with Crippen molar-refractivity contribution < 1.29 is 19.5 Å². The van der Waals surface area contributed by atoms with Crippen LogP contribution < -0.4 is 5.32 Å². The van der Waals surface area contributed by atoms with E-state index in [0.717, 1.165) is 0 Å². The normalized spacial score (nSPS) is 28.9. The van der Waals surface area contributed by atoms with Crippen LogP contribution in [0.15, 0.2) is 0 Å². The van der Waals surface area contributed by atoms with Gasteiger partial charge in [0, 0.05) is 19.5 Å². The molecule has 2 aliphatic rings. The lowest BCUT2D eigenvalue weighted by atomic mass is 9.97. The standard InChI is InChI=1S/C11H16N2O4/c14-9-4-3-8(12-9)10(15)13-5-1-2-7(6-13)11(16)17/h7-8H,1-6H2,(H,12,14)(H,16,17)/t7-,8-/m1/s1. The first-order chi connectivity index (χ1) is 8.08. The molecule has 17 heavy (non-hydrogen) atoms. The number of carboxylic acid groups (broad SMARTS) is 1. The molecule has 0 radical (unpaired) electrons. The summed E-state index contributed by atoms with van der Waals surface area (Å²) in [6.07, 6.45) is 2.23. The van der Waals surface area contributed by atoms with E-state index in [1.807, 2.05) is 0 Å². The van der Waals surface area contributed by atoms with Gasteiger partial charge in [0.05, 0.1) is 5.92 Å². The Hall–Kier alpha value is -1.59. The van der Waals surface area contributed by atoms with Gasteiger partial charge in [-0.05, 0) is 19.3 Å². The van der Waals surface area contributed by atoms with E-state index in [2.05, 4.69) is 5.32 Å². The molecule has 2 amide bonds. The Bertz CT molecular complexity index is 355. The van der Waals surface area contributed by atoms with Crippen molar-refractivity contribution in [3.8, 4) is 0 Å². The zero-order chi connectivity index (χ0) is 12.4. The van der Waals surface area contributed by atoms with Crippen LogP contribution in [0.1, 0.15) is 25.7 Å². The molecule has 0 aliphatic carbocycles. The maximum atomic E-state index is 12.0. The number of aliphatic carboxylic acids is 1. The average Bonchev–Trinajstić information content (AvgIpc) is 2.75. The lowest BCUT2D eigenvalue weighted by Gasteiger charge is -2.32. The van der Waals surface area contributed by atoms with Crippen molar-refractivity contribution in [1.82, 2.24) is 10.2 Å². The van der Waals surface area contributed by atoms with E-state index in [9.17, 15) is 14.4 Å². The number of rotatable bonds is 2. The van der Waals surface area contributed by atoms with E-state index in [4.69, 9.17) is 5.11 Å². The van der Waals surface area contributed by atoms with E-state index in [0.29, 0.717) is 32.2 Å². The number of piperidine rings is 1. The number of carbonyl (C=O) groups excluding carboxylic acids is 2. The topological polar surface area (TPSA) is 86.7 Å². The lowest BCUT2D eigenvalue weighted by molar-refractivity contribution is -0.146. The van der Waals surface area contributed by atoms with Crippen molar-refractivity contribution in [2.24, 2.45) is 5.92 Å². The number of nitrogens with zero attached hydrogens (tertiary/aromatic N) is 1. The molecule has 0 unspecified atom stereocenters. The van der Waals surface area contributed by atoms with Gasteiger partial charge >= 0.3 is 5.97 Å². The first-order valence-electron chi connectivity index (χ1n) is 5.89. The third-order valence-corrected chi connectivity index (χ3v) is 3.38. The summed E-state index contributed by atoms with van der Waals surface area (Å²) in [4.78, 5) is 35.5. The molecule has 0 bridgehead atoms. The van der Waals surface area contributed by atoms with Crippen molar-refractivity contribution in [1.29, 1.82) is 0 Å². The number of hydrogen-bond acceptors (Lipinski definition) is 3. The predicted octanol–water partition coefficient (Wildman–Crippen LogP) is -0.412. The maximum absolute atomic E-state index is 12.0. The maximum Gasteiger partial charge on any atom is 0.308 e. The minimum Gasteiger partial charge on any atom is -0.481 e. The molecular formula is C11H16N2O4. The monoisotopic (exact) mass is 240 g/mol. The van der Waals surface area contributed by atoms with Gasteiger partial charge in [0.2, 0.25) is 11.8 Å². The fourth-order valence-corrected chi connectivity index (χ4v) is 2.40. The highest BCUT2D eigenvalue weighted by Gasteiger charge is 2.34. The molecule has 2 saturated heterocycles. The smallest absolute Gasteiger partial charge is 0.308 e. The van der Waals surface area contributed by atoms with E-state index in [-0.39, 0.29) is 18.4 Å². The molecule has 0 aromatic heterocycles. The van der Waals surface area contributed by atoms with Crippen molar-refractivity contribution >= 4 is 17.8 Å². The third kappa shape index (κ3) is 2.57. The molecule has 0 saturated carbocycles. The number of carbonyl (C=O) groups is 3. The molecule has 0 aromatic rings. The van der Waals surface area contributed by atoms with E-state index < -0.39 is 17.9 Å². The number of hydrogen-bond donors (Lipinski definition) is 2. The number of nitrogens with one attached hydrogen (secondary N) is 1. The Labute approximate surface area is 99.0 Å². The molecule has 2 rings (SSSR count). The minimum absolute atomic E-state index is 0.102. The van der Waals surface area contributed by atoms with Crippen LogP contribution in [0.4, 0.5) is 0 Å². The van der Waals surface area contributed by atoms with Gasteiger partial charge in [0.25, 0.3) is 0 Å². The van der Waals surface area contributed by atoms with Gasteiger partial charge in [-0.15, -0.1) is 0 Å². The largest absolute Gasteiger partial charge is 0.481 e. The Kier molecular flexibility index (Phi) is 3.31. The summed E-state index contributed by atoms with van der Waals surface area (Å²) in [5.41, 5.74) is 0. The molecule has 6 heteroatoms. The van der Waals surface area contributed by atoms with Crippen LogP contribution in [0.25, 0.3) is 0 Å². The van der Waals surface area contributed by atoms with Crippen molar-refractivity contribution in [2.45, 2.75) is 31.7 Å². The fourth-order valence-electron chi connectivity index (χ4n) is 2.40. The van der Waals surface area contributed by atoms with Crippen molar-refractivity contribution in [3.05, 3.63) is 0 Å². The predicted molar refractivity (Wildman–Crippen MR) is 58.1 cm³/mol. The lowest BCUT2D eigenvalue weighted by Crippen LogP contribution is -2.49. The highest BCUT2D eigenvalue weighted by atomic mass is 16.4. The minimum atomic E-state index is -0.849. The quantitative estimate of drug-likeness (QED) is 0.687. The summed E-state index contributed by atoms with van der Waals surface area (Å²) in [7, 11) is 0. The molecule has 2 aliphatic heterocycles. The van der Waals surface area contributed by atoms with Gasteiger partial charge in [-0.2, -0.15) is 0 Å². The van der Waals surface area contributed by atoms with Gasteiger partial charge in [0.1, 0.15) is 6.04 Å². The first kappa shape index (κ1) is 11.9. The van der Waals surface area contributed by atoms with Crippen LogP contribution in [0, 0.1) is 5.92 Å². The Balaban J connectivity index is 1.95. The van der Waals surface area contributed by atoms with Crippen LogP contribution in [0.3, 0.4) is 0 Å². The molecule has 2 fully saturated rings. The van der Waals surface area contributed by atoms with Gasteiger partial charge in [-0.25, -0.2) is 0 Å². The second-order valence-corrected chi connectivity index (χ2v) is 4.62. The molecule has 2 atom stereocenters. The van der Waals surface area contributed by atoms with Gasteiger partial charge < -0.3 is 15.3 Å². The van der Waals surface area contributed by atoms with Gasteiger partial charge in [-0.1, -0.05) is 0 Å². The molecule has 0 spiro atoms. The van der Waals surface area contributed by atoms with Crippen LogP contribution in [-0.2, 0) is 14.4 Å². The Morgan fingerprint density at radius 1 is 1.35 bits per heavy atom.